The number of benzene rings is 5. The summed E-state index contributed by atoms with van der Waals surface area (Å²) in [5, 5.41) is 25.4. The molecule has 6 rings (SSSR count). The molecule has 0 saturated carbocycles. The summed E-state index contributed by atoms with van der Waals surface area (Å²) >= 11 is 0. The van der Waals surface area contributed by atoms with Crippen LogP contribution in [-0.4, -0.2) is 5.11 Å². The smallest absolute Gasteiger partial charge is 0.134 e. The van der Waals surface area contributed by atoms with Crippen LogP contribution in [0.4, 0.5) is 0 Å². The standard InChI is InChI=1S/C29H19NO/c30-17-27-28(31)16-26(25-14-11-19-6-2-4-8-24(19)29(25)27)21-12-13-23-20(15-21)10-9-18-5-1-3-7-22(18)23/h1-10,12-13,15-16,31H,11,14H2. The molecule has 0 spiro atoms. The van der Waals surface area contributed by atoms with Crippen LogP contribution >= 0.6 is 0 Å². The van der Waals surface area contributed by atoms with Crippen molar-refractivity contribution in [2.45, 2.75) is 12.8 Å². The van der Waals surface area contributed by atoms with E-state index in [0.29, 0.717) is 5.56 Å². The molecule has 5 aromatic carbocycles. The van der Waals surface area contributed by atoms with Gasteiger partial charge < -0.3 is 5.11 Å². The average molecular weight is 397 g/mol. The van der Waals surface area contributed by atoms with Gasteiger partial charge in [-0.15, -0.1) is 0 Å². The molecule has 0 amide bonds. The molecular formula is C29H19NO. The third-order valence-corrected chi connectivity index (χ3v) is 6.51. The predicted molar refractivity (Wildman–Crippen MR) is 126 cm³/mol. The minimum atomic E-state index is 0.0477. The van der Waals surface area contributed by atoms with Crippen LogP contribution < -0.4 is 0 Å². The zero-order valence-electron chi connectivity index (χ0n) is 16.9. The van der Waals surface area contributed by atoms with Crippen molar-refractivity contribution in [3.8, 4) is 34.1 Å². The van der Waals surface area contributed by atoms with Crippen molar-refractivity contribution < 1.29 is 5.11 Å². The Morgan fingerprint density at radius 3 is 2.39 bits per heavy atom. The van der Waals surface area contributed by atoms with Crippen LogP contribution in [0, 0.1) is 11.3 Å². The van der Waals surface area contributed by atoms with Crippen molar-refractivity contribution in [2.24, 2.45) is 0 Å². The van der Waals surface area contributed by atoms with Gasteiger partial charge in [0.05, 0.1) is 0 Å². The predicted octanol–water partition coefficient (Wildman–Crippen LogP) is 7.00. The fourth-order valence-electron chi connectivity index (χ4n) is 5.06. The number of phenols is 1. The van der Waals surface area contributed by atoms with Crippen LogP contribution in [0.2, 0.25) is 0 Å². The Hall–Kier alpha value is -4.09. The Bertz CT molecular complexity index is 1560. The normalized spacial score (nSPS) is 12.4. The summed E-state index contributed by atoms with van der Waals surface area (Å²) in [4.78, 5) is 0. The summed E-state index contributed by atoms with van der Waals surface area (Å²) in [5.41, 5.74) is 6.77. The first-order chi connectivity index (χ1) is 15.2. The lowest BCUT2D eigenvalue weighted by atomic mass is 9.79. The van der Waals surface area contributed by atoms with Gasteiger partial charge >= 0.3 is 0 Å². The molecular weight excluding hydrogens is 378 g/mol. The van der Waals surface area contributed by atoms with Crippen LogP contribution in [0.1, 0.15) is 16.7 Å². The molecule has 1 N–H and O–H groups in total. The SMILES string of the molecule is N#Cc1c(O)cc(-c2ccc3c(ccc4ccccc43)c2)c2c1-c1ccccc1CC2. The molecule has 0 saturated heterocycles. The van der Waals surface area contributed by atoms with Crippen molar-refractivity contribution >= 4 is 21.5 Å². The molecule has 0 radical (unpaired) electrons. The molecule has 2 nitrogen and oxygen atoms in total. The first kappa shape index (κ1) is 17.7. The van der Waals surface area contributed by atoms with Gasteiger partial charge in [0.2, 0.25) is 0 Å². The zero-order valence-corrected chi connectivity index (χ0v) is 16.9. The maximum absolute atomic E-state index is 10.8. The number of hydrogen-bond donors (Lipinski definition) is 1. The molecule has 0 fully saturated rings. The highest BCUT2D eigenvalue weighted by atomic mass is 16.3. The van der Waals surface area contributed by atoms with Gasteiger partial charge in [0.15, 0.2) is 0 Å². The third-order valence-electron chi connectivity index (χ3n) is 6.51. The Kier molecular flexibility index (Phi) is 3.85. The van der Waals surface area contributed by atoms with Gasteiger partial charge in [0.1, 0.15) is 17.4 Å². The largest absolute Gasteiger partial charge is 0.507 e. The van der Waals surface area contributed by atoms with Gasteiger partial charge in [-0.2, -0.15) is 5.26 Å². The van der Waals surface area contributed by atoms with Gasteiger partial charge in [-0.25, -0.2) is 0 Å². The molecule has 31 heavy (non-hydrogen) atoms. The Morgan fingerprint density at radius 2 is 1.48 bits per heavy atom. The lowest BCUT2D eigenvalue weighted by molar-refractivity contribution is 0.474. The number of phenolic OH excluding ortho intramolecular Hbond substituents is 1. The minimum absolute atomic E-state index is 0.0477. The van der Waals surface area contributed by atoms with Crippen LogP contribution in [0.25, 0.3) is 43.8 Å². The number of aryl methyl sites for hydroxylation is 1. The molecule has 5 aromatic rings. The molecule has 0 atom stereocenters. The third kappa shape index (κ3) is 2.64. The second-order valence-electron chi connectivity index (χ2n) is 8.16. The van der Waals surface area contributed by atoms with Crippen LogP contribution in [0.3, 0.4) is 0 Å². The lowest BCUT2D eigenvalue weighted by Crippen LogP contribution is -2.07. The van der Waals surface area contributed by atoms with Crippen molar-refractivity contribution in [3.05, 3.63) is 102 Å². The van der Waals surface area contributed by atoms with Gasteiger partial charge in [-0.3, -0.25) is 0 Å². The van der Waals surface area contributed by atoms with E-state index >= 15 is 0 Å². The number of nitriles is 1. The highest BCUT2D eigenvalue weighted by Crippen LogP contribution is 2.44. The lowest BCUT2D eigenvalue weighted by Gasteiger charge is -2.24. The molecule has 2 heteroatoms. The quantitative estimate of drug-likeness (QED) is 0.309. The molecule has 0 unspecified atom stereocenters. The van der Waals surface area contributed by atoms with Crippen molar-refractivity contribution in [1.82, 2.24) is 0 Å². The van der Waals surface area contributed by atoms with E-state index < -0.39 is 0 Å². The van der Waals surface area contributed by atoms with Gasteiger partial charge in [-0.05, 0) is 74.3 Å². The molecule has 146 valence electrons. The number of fused-ring (bicyclic) bond motifs is 6. The van der Waals surface area contributed by atoms with Crippen molar-refractivity contribution in [2.75, 3.05) is 0 Å². The summed E-state index contributed by atoms with van der Waals surface area (Å²) in [5.74, 6) is 0.0477. The van der Waals surface area contributed by atoms with E-state index in [2.05, 4.69) is 72.8 Å². The fraction of sp³-hybridized carbons (Fsp3) is 0.0690. The Morgan fingerprint density at radius 1 is 0.710 bits per heavy atom. The second-order valence-corrected chi connectivity index (χ2v) is 8.16. The molecule has 1 aliphatic rings. The monoisotopic (exact) mass is 397 g/mol. The highest BCUT2D eigenvalue weighted by Gasteiger charge is 2.25. The molecule has 1 aliphatic carbocycles. The molecule has 0 bridgehead atoms. The van der Waals surface area contributed by atoms with E-state index in [0.717, 1.165) is 40.7 Å². The van der Waals surface area contributed by atoms with E-state index in [1.807, 2.05) is 12.1 Å². The van der Waals surface area contributed by atoms with E-state index in [9.17, 15) is 10.4 Å². The summed E-state index contributed by atoms with van der Waals surface area (Å²) in [6.07, 6.45) is 1.79. The maximum atomic E-state index is 10.8. The average Bonchev–Trinajstić information content (AvgIpc) is 2.83. The molecule has 0 aromatic heterocycles. The van der Waals surface area contributed by atoms with E-state index in [-0.39, 0.29) is 5.75 Å². The van der Waals surface area contributed by atoms with Gasteiger partial charge in [-0.1, -0.05) is 72.8 Å². The number of nitrogens with zero attached hydrogens (tertiary/aromatic N) is 1. The van der Waals surface area contributed by atoms with E-state index in [1.165, 1.54) is 27.1 Å². The topological polar surface area (TPSA) is 44.0 Å². The van der Waals surface area contributed by atoms with E-state index in [1.54, 1.807) is 6.07 Å². The van der Waals surface area contributed by atoms with E-state index in [4.69, 9.17) is 0 Å². The number of rotatable bonds is 1. The first-order valence-electron chi connectivity index (χ1n) is 10.5. The van der Waals surface area contributed by atoms with Crippen molar-refractivity contribution in [3.63, 3.8) is 0 Å². The molecule has 0 heterocycles. The fourth-order valence-corrected chi connectivity index (χ4v) is 5.06. The summed E-state index contributed by atoms with van der Waals surface area (Å²) in [6, 6.07) is 31.5. The first-order valence-corrected chi connectivity index (χ1v) is 10.5. The number of aromatic hydroxyl groups is 1. The van der Waals surface area contributed by atoms with Gasteiger partial charge in [0, 0.05) is 5.56 Å². The summed E-state index contributed by atoms with van der Waals surface area (Å²) in [6.45, 7) is 0. The minimum Gasteiger partial charge on any atom is -0.507 e. The summed E-state index contributed by atoms with van der Waals surface area (Å²) in [7, 11) is 0. The number of hydrogen-bond acceptors (Lipinski definition) is 2. The summed E-state index contributed by atoms with van der Waals surface area (Å²) < 4.78 is 0. The van der Waals surface area contributed by atoms with Crippen LogP contribution in [0.5, 0.6) is 5.75 Å². The molecule has 0 aliphatic heterocycles. The van der Waals surface area contributed by atoms with Crippen molar-refractivity contribution in [1.29, 1.82) is 5.26 Å². The Balaban J connectivity index is 1.63. The second kappa shape index (κ2) is 6.72. The van der Waals surface area contributed by atoms with Gasteiger partial charge in [0.25, 0.3) is 0 Å². The highest BCUT2D eigenvalue weighted by molar-refractivity contribution is 6.08. The van der Waals surface area contributed by atoms with Crippen LogP contribution in [-0.2, 0) is 12.8 Å². The van der Waals surface area contributed by atoms with Crippen LogP contribution in [0.15, 0.2) is 84.9 Å². The Labute approximate surface area is 180 Å². The zero-order chi connectivity index (χ0) is 20.9. The maximum Gasteiger partial charge on any atom is 0.134 e.